The van der Waals surface area contributed by atoms with E-state index in [9.17, 15) is 9.59 Å². The van der Waals surface area contributed by atoms with Crippen molar-refractivity contribution in [2.45, 2.75) is 38.6 Å². The third kappa shape index (κ3) is 3.31. The van der Waals surface area contributed by atoms with E-state index in [0.29, 0.717) is 17.8 Å². The van der Waals surface area contributed by atoms with Gasteiger partial charge in [-0.3, -0.25) is 5.32 Å². The van der Waals surface area contributed by atoms with Crippen LogP contribution < -0.4 is 21.6 Å². The number of hydrogen-bond donors (Lipinski definition) is 3. The Kier molecular flexibility index (Phi) is 4.50. The van der Waals surface area contributed by atoms with Gasteiger partial charge in [0, 0.05) is 18.0 Å². The zero-order chi connectivity index (χ0) is 16.2. The maximum absolute atomic E-state index is 12.3. The van der Waals surface area contributed by atoms with Crippen molar-refractivity contribution < 1.29 is 9.21 Å². The zero-order valence-corrected chi connectivity index (χ0v) is 13.1. The van der Waals surface area contributed by atoms with Gasteiger partial charge in [0.25, 0.3) is 0 Å². The Morgan fingerprint density at radius 2 is 1.96 bits per heavy atom. The van der Waals surface area contributed by atoms with Crippen molar-refractivity contribution in [3.63, 3.8) is 0 Å². The van der Waals surface area contributed by atoms with Gasteiger partial charge in [-0.1, -0.05) is 25.0 Å². The molecule has 0 aliphatic heterocycles. The van der Waals surface area contributed by atoms with E-state index in [1.807, 2.05) is 19.1 Å². The lowest BCUT2D eigenvalue weighted by molar-refractivity contribution is 0.248. The van der Waals surface area contributed by atoms with Crippen molar-refractivity contribution in [3.8, 4) is 0 Å². The van der Waals surface area contributed by atoms with Crippen molar-refractivity contribution >= 4 is 28.4 Å². The highest BCUT2D eigenvalue weighted by atomic mass is 16.4. The van der Waals surface area contributed by atoms with Crippen LogP contribution in [0.4, 0.5) is 16.2 Å². The van der Waals surface area contributed by atoms with Crippen molar-refractivity contribution in [3.05, 3.63) is 34.7 Å². The largest absolute Gasteiger partial charge is 0.421 e. The highest BCUT2D eigenvalue weighted by Crippen LogP contribution is 2.28. The number of fused-ring (bicyclic) bond motifs is 1. The number of rotatable bonds is 4. The first-order valence-corrected chi connectivity index (χ1v) is 8.06. The molecule has 1 aliphatic rings. The second-order valence-electron chi connectivity index (χ2n) is 5.75. The van der Waals surface area contributed by atoms with Gasteiger partial charge in [-0.2, -0.15) is 0 Å². The van der Waals surface area contributed by atoms with Crippen LogP contribution in [-0.4, -0.2) is 18.6 Å². The summed E-state index contributed by atoms with van der Waals surface area (Å²) in [5, 5.41) is 9.50. The van der Waals surface area contributed by atoms with Crippen LogP contribution in [0.5, 0.6) is 0 Å². The minimum absolute atomic E-state index is 0.154. The zero-order valence-electron chi connectivity index (χ0n) is 13.1. The predicted octanol–water partition coefficient (Wildman–Crippen LogP) is 3.29. The van der Waals surface area contributed by atoms with Gasteiger partial charge in [0.2, 0.25) is 0 Å². The first-order chi connectivity index (χ1) is 11.2. The van der Waals surface area contributed by atoms with Crippen molar-refractivity contribution in [1.29, 1.82) is 0 Å². The molecule has 1 aromatic heterocycles. The van der Waals surface area contributed by atoms with Crippen LogP contribution in [0, 0.1) is 0 Å². The fourth-order valence-electron chi connectivity index (χ4n) is 3.03. The number of hydrogen-bond acceptors (Lipinski definition) is 4. The van der Waals surface area contributed by atoms with E-state index in [4.69, 9.17) is 4.42 Å². The van der Waals surface area contributed by atoms with E-state index in [1.165, 1.54) is 0 Å². The molecule has 0 spiro atoms. The lowest BCUT2D eigenvalue weighted by Gasteiger charge is -2.16. The van der Waals surface area contributed by atoms with E-state index < -0.39 is 5.63 Å². The van der Waals surface area contributed by atoms with Crippen LogP contribution in [0.15, 0.2) is 33.5 Å². The summed E-state index contributed by atoms with van der Waals surface area (Å²) < 4.78 is 5.31. The molecule has 0 atom stereocenters. The molecular weight excluding hydrogens is 294 g/mol. The highest BCUT2D eigenvalue weighted by Gasteiger charge is 2.20. The average Bonchev–Trinajstić information content (AvgIpc) is 3.03. The standard InChI is InChI=1S/C17H21N3O3/c1-2-18-14-12-9-5-6-10-13(12)23-16(21)15(14)20-17(22)19-11-7-3-4-8-11/h5-6,9-11,18H,2-4,7-8H2,1H3,(H2,19,20,22). The normalized spacial score (nSPS) is 14.8. The summed E-state index contributed by atoms with van der Waals surface area (Å²) in [7, 11) is 0. The first kappa shape index (κ1) is 15.4. The summed E-state index contributed by atoms with van der Waals surface area (Å²) in [4.78, 5) is 24.4. The summed E-state index contributed by atoms with van der Waals surface area (Å²) in [6.45, 7) is 2.57. The maximum atomic E-state index is 12.3. The van der Waals surface area contributed by atoms with Gasteiger partial charge in [-0.25, -0.2) is 9.59 Å². The lowest BCUT2D eigenvalue weighted by atomic mass is 10.2. The van der Waals surface area contributed by atoms with Gasteiger partial charge in [-0.05, 0) is 31.9 Å². The topological polar surface area (TPSA) is 83.4 Å². The summed E-state index contributed by atoms with van der Waals surface area (Å²) >= 11 is 0. The molecule has 6 heteroatoms. The number of nitrogens with one attached hydrogen (secondary N) is 3. The SMILES string of the molecule is CCNc1c(NC(=O)NC2CCCC2)c(=O)oc2ccccc12. The molecule has 1 aromatic carbocycles. The number of para-hydroxylation sites is 1. The van der Waals surface area contributed by atoms with E-state index in [-0.39, 0.29) is 17.8 Å². The van der Waals surface area contributed by atoms with Gasteiger partial charge in [0.15, 0.2) is 5.69 Å². The van der Waals surface area contributed by atoms with Crippen molar-refractivity contribution in [2.75, 3.05) is 17.2 Å². The highest BCUT2D eigenvalue weighted by molar-refractivity contribution is 6.01. The van der Waals surface area contributed by atoms with Crippen LogP contribution in [0.25, 0.3) is 11.0 Å². The van der Waals surface area contributed by atoms with E-state index >= 15 is 0 Å². The Labute approximate surface area is 134 Å². The quantitative estimate of drug-likeness (QED) is 0.756. The molecule has 2 amide bonds. The number of urea groups is 1. The first-order valence-electron chi connectivity index (χ1n) is 8.06. The van der Waals surface area contributed by atoms with Crippen LogP contribution >= 0.6 is 0 Å². The van der Waals surface area contributed by atoms with Gasteiger partial charge >= 0.3 is 11.7 Å². The summed E-state index contributed by atoms with van der Waals surface area (Å²) in [6.07, 6.45) is 4.23. The molecule has 1 aliphatic carbocycles. The Morgan fingerprint density at radius 1 is 1.22 bits per heavy atom. The Morgan fingerprint density at radius 3 is 2.70 bits per heavy atom. The second-order valence-corrected chi connectivity index (χ2v) is 5.75. The number of amides is 2. The number of carbonyl (C=O) groups excluding carboxylic acids is 1. The molecule has 0 saturated heterocycles. The Balaban J connectivity index is 1.92. The van der Waals surface area contributed by atoms with Crippen LogP contribution in [-0.2, 0) is 0 Å². The van der Waals surface area contributed by atoms with Gasteiger partial charge in [0.05, 0.1) is 5.69 Å². The molecule has 3 N–H and O–H groups in total. The molecule has 0 unspecified atom stereocenters. The lowest BCUT2D eigenvalue weighted by Crippen LogP contribution is -2.37. The third-order valence-corrected chi connectivity index (χ3v) is 4.10. The molecule has 1 fully saturated rings. The monoisotopic (exact) mass is 315 g/mol. The Bertz CT molecular complexity index is 763. The molecule has 2 aromatic rings. The molecule has 122 valence electrons. The van der Waals surface area contributed by atoms with E-state index in [1.54, 1.807) is 12.1 Å². The van der Waals surface area contributed by atoms with Gasteiger partial charge in [0.1, 0.15) is 5.58 Å². The molecule has 0 radical (unpaired) electrons. The fourth-order valence-corrected chi connectivity index (χ4v) is 3.03. The molecule has 3 rings (SSSR count). The smallest absolute Gasteiger partial charge is 0.362 e. The fraction of sp³-hybridized carbons (Fsp3) is 0.412. The summed E-state index contributed by atoms with van der Waals surface area (Å²) in [6, 6.07) is 7.09. The molecule has 0 bridgehead atoms. The molecule has 1 heterocycles. The molecule has 23 heavy (non-hydrogen) atoms. The number of benzene rings is 1. The Hall–Kier alpha value is -2.50. The van der Waals surface area contributed by atoms with Gasteiger partial charge < -0.3 is 15.1 Å². The maximum Gasteiger partial charge on any atom is 0.362 e. The van der Waals surface area contributed by atoms with Crippen LogP contribution in [0.1, 0.15) is 32.6 Å². The van der Waals surface area contributed by atoms with Gasteiger partial charge in [-0.15, -0.1) is 0 Å². The molecular formula is C17H21N3O3. The van der Waals surface area contributed by atoms with Crippen LogP contribution in [0.3, 0.4) is 0 Å². The third-order valence-electron chi connectivity index (χ3n) is 4.10. The number of carbonyl (C=O) groups is 1. The molecule has 1 saturated carbocycles. The minimum atomic E-state index is -0.554. The van der Waals surface area contributed by atoms with E-state index in [2.05, 4.69) is 16.0 Å². The minimum Gasteiger partial charge on any atom is -0.421 e. The average molecular weight is 315 g/mol. The van der Waals surface area contributed by atoms with Crippen molar-refractivity contribution in [1.82, 2.24) is 5.32 Å². The summed E-state index contributed by atoms with van der Waals surface area (Å²) in [5.74, 6) is 0. The second kappa shape index (κ2) is 6.73. The summed E-state index contributed by atoms with van der Waals surface area (Å²) in [5.41, 5.74) is 0.693. The molecule has 6 nitrogen and oxygen atoms in total. The van der Waals surface area contributed by atoms with E-state index in [0.717, 1.165) is 31.1 Å². The predicted molar refractivity (Wildman–Crippen MR) is 91.1 cm³/mol. The van der Waals surface area contributed by atoms with Crippen LogP contribution in [0.2, 0.25) is 0 Å². The van der Waals surface area contributed by atoms with Crippen molar-refractivity contribution in [2.24, 2.45) is 0 Å². The number of anilines is 2.